The number of carbonyl (C=O) groups is 1. The van der Waals surface area contributed by atoms with Gasteiger partial charge in [0.1, 0.15) is 11.9 Å². The molecule has 0 unspecified atom stereocenters. The monoisotopic (exact) mass is 335 g/mol. The van der Waals surface area contributed by atoms with E-state index < -0.39 is 5.97 Å². The summed E-state index contributed by atoms with van der Waals surface area (Å²) in [6.45, 7) is 2.04. The molecule has 0 aliphatic rings. The highest BCUT2D eigenvalue weighted by molar-refractivity contribution is 5.95. The predicted octanol–water partition coefficient (Wildman–Crippen LogP) is 2.47. The van der Waals surface area contributed by atoms with Gasteiger partial charge < -0.3 is 19.6 Å². The molecular formula is C18H17N5O2. The number of esters is 1. The van der Waals surface area contributed by atoms with Crippen molar-refractivity contribution in [3.05, 3.63) is 59.9 Å². The van der Waals surface area contributed by atoms with E-state index in [4.69, 9.17) is 10.5 Å². The summed E-state index contributed by atoms with van der Waals surface area (Å²) in [6, 6.07) is 9.52. The van der Waals surface area contributed by atoms with E-state index in [1.54, 1.807) is 10.8 Å². The van der Waals surface area contributed by atoms with Crippen molar-refractivity contribution in [1.82, 2.24) is 14.1 Å². The van der Waals surface area contributed by atoms with Crippen molar-refractivity contribution >= 4 is 11.7 Å². The third kappa shape index (κ3) is 2.74. The Bertz CT molecular complexity index is 961. The zero-order valence-electron chi connectivity index (χ0n) is 13.9. The Kier molecular flexibility index (Phi) is 4.27. The third-order valence-corrected chi connectivity index (χ3v) is 3.98. The second-order valence-electron chi connectivity index (χ2n) is 5.36. The first kappa shape index (κ1) is 16.3. The number of ether oxygens (including phenoxy) is 1. The number of benzene rings is 1. The standard InChI is InChI=1S/C18H17N5O2/c1-3-15-21-8-9-22(15)13-4-6-14(7-5-13)23-11-12(10-19)16(20)17(23)18(24)25-2/h4-9,11H,3,20H2,1-2H3. The predicted molar refractivity (Wildman–Crippen MR) is 92.7 cm³/mol. The molecule has 25 heavy (non-hydrogen) atoms. The van der Waals surface area contributed by atoms with Gasteiger partial charge in [0.2, 0.25) is 0 Å². The lowest BCUT2D eigenvalue weighted by atomic mass is 10.2. The molecule has 0 saturated heterocycles. The largest absolute Gasteiger partial charge is 0.464 e. The van der Waals surface area contributed by atoms with Crippen LogP contribution in [-0.4, -0.2) is 27.2 Å². The van der Waals surface area contributed by atoms with Gasteiger partial charge in [-0.1, -0.05) is 6.92 Å². The lowest BCUT2D eigenvalue weighted by molar-refractivity contribution is 0.0593. The molecule has 2 N–H and O–H groups in total. The average molecular weight is 335 g/mol. The Morgan fingerprint density at radius 2 is 1.92 bits per heavy atom. The van der Waals surface area contributed by atoms with E-state index in [1.165, 1.54) is 13.3 Å². The molecule has 0 radical (unpaired) electrons. The van der Waals surface area contributed by atoms with E-state index in [1.807, 2.05) is 48.0 Å². The fourth-order valence-corrected chi connectivity index (χ4v) is 2.72. The number of anilines is 1. The summed E-state index contributed by atoms with van der Waals surface area (Å²) >= 11 is 0. The Labute approximate surface area is 144 Å². The van der Waals surface area contributed by atoms with Crippen LogP contribution in [0.1, 0.15) is 28.8 Å². The molecule has 0 atom stereocenters. The van der Waals surface area contributed by atoms with Gasteiger partial charge in [-0.15, -0.1) is 0 Å². The van der Waals surface area contributed by atoms with Gasteiger partial charge in [0, 0.05) is 36.4 Å². The molecule has 0 fully saturated rings. The highest BCUT2D eigenvalue weighted by atomic mass is 16.5. The topological polar surface area (TPSA) is 98.9 Å². The van der Waals surface area contributed by atoms with Crippen molar-refractivity contribution in [2.24, 2.45) is 0 Å². The van der Waals surface area contributed by atoms with Crippen molar-refractivity contribution in [2.75, 3.05) is 12.8 Å². The quantitative estimate of drug-likeness (QED) is 0.738. The molecule has 0 amide bonds. The third-order valence-electron chi connectivity index (χ3n) is 3.98. The molecule has 0 aliphatic carbocycles. The number of methoxy groups -OCH3 is 1. The summed E-state index contributed by atoms with van der Waals surface area (Å²) in [7, 11) is 1.28. The maximum atomic E-state index is 12.1. The van der Waals surface area contributed by atoms with E-state index in [0.717, 1.165) is 17.9 Å². The highest BCUT2D eigenvalue weighted by Gasteiger charge is 2.21. The summed E-state index contributed by atoms with van der Waals surface area (Å²) in [5.41, 5.74) is 8.06. The lowest BCUT2D eigenvalue weighted by Crippen LogP contribution is -2.11. The van der Waals surface area contributed by atoms with E-state index >= 15 is 0 Å². The lowest BCUT2D eigenvalue weighted by Gasteiger charge is -2.11. The molecule has 2 aromatic heterocycles. The Hall–Kier alpha value is -3.53. The van der Waals surface area contributed by atoms with Crippen molar-refractivity contribution in [3.8, 4) is 17.4 Å². The zero-order chi connectivity index (χ0) is 18.0. The number of nitrogen functional groups attached to an aromatic ring is 1. The first-order chi connectivity index (χ1) is 12.1. The molecule has 0 saturated carbocycles. The Morgan fingerprint density at radius 3 is 2.48 bits per heavy atom. The number of nitrogens with two attached hydrogens (primary N) is 1. The smallest absolute Gasteiger partial charge is 0.357 e. The van der Waals surface area contributed by atoms with Crippen LogP contribution < -0.4 is 5.73 Å². The van der Waals surface area contributed by atoms with Crippen molar-refractivity contribution in [3.63, 3.8) is 0 Å². The highest BCUT2D eigenvalue weighted by Crippen LogP contribution is 2.25. The normalized spacial score (nSPS) is 10.4. The number of imidazole rings is 1. The van der Waals surface area contributed by atoms with Crippen LogP contribution in [0.15, 0.2) is 42.9 Å². The minimum Gasteiger partial charge on any atom is -0.464 e. The van der Waals surface area contributed by atoms with Crippen molar-refractivity contribution in [1.29, 1.82) is 5.26 Å². The number of carbonyl (C=O) groups excluding carboxylic acids is 1. The molecule has 3 rings (SSSR count). The van der Waals surface area contributed by atoms with E-state index in [0.29, 0.717) is 5.69 Å². The summed E-state index contributed by atoms with van der Waals surface area (Å²) in [5.74, 6) is 0.367. The summed E-state index contributed by atoms with van der Waals surface area (Å²) < 4.78 is 8.35. The van der Waals surface area contributed by atoms with Gasteiger partial charge >= 0.3 is 5.97 Å². The van der Waals surface area contributed by atoms with Crippen LogP contribution in [-0.2, 0) is 11.2 Å². The molecule has 1 aromatic carbocycles. The first-order valence-corrected chi connectivity index (χ1v) is 7.73. The number of nitriles is 1. The van der Waals surface area contributed by atoms with Crippen LogP contribution >= 0.6 is 0 Å². The van der Waals surface area contributed by atoms with E-state index in [-0.39, 0.29) is 16.9 Å². The van der Waals surface area contributed by atoms with Gasteiger partial charge in [0.15, 0.2) is 5.69 Å². The SMILES string of the molecule is CCc1nccn1-c1ccc(-n2cc(C#N)c(N)c2C(=O)OC)cc1. The van der Waals surface area contributed by atoms with Gasteiger partial charge in [-0.25, -0.2) is 9.78 Å². The number of hydrogen-bond acceptors (Lipinski definition) is 5. The fourth-order valence-electron chi connectivity index (χ4n) is 2.72. The molecule has 7 nitrogen and oxygen atoms in total. The van der Waals surface area contributed by atoms with Crippen LogP contribution in [0.3, 0.4) is 0 Å². The maximum Gasteiger partial charge on any atom is 0.357 e. The average Bonchev–Trinajstić information content (AvgIpc) is 3.25. The summed E-state index contributed by atoms with van der Waals surface area (Å²) in [6.07, 6.45) is 6.01. The number of nitrogens with zero attached hydrogens (tertiary/aromatic N) is 4. The molecule has 7 heteroatoms. The first-order valence-electron chi connectivity index (χ1n) is 7.73. The van der Waals surface area contributed by atoms with Crippen molar-refractivity contribution < 1.29 is 9.53 Å². The number of hydrogen-bond donors (Lipinski definition) is 1. The van der Waals surface area contributed by atoms with Crippen LogP contribution in [0.25, 0.3) is 11.4 Å². The van der Waals surface area contributed by atoms with Gasteiger partial charge in [-0.3, -0.25) is 0 Å². The Balaban J connectivity index is 2.06. The minimum atomic E-state index is -0.592. The Morgan fingerprint density at radius 1 is 1.28 bits per heavy atom. The van der Waals surface area contributed by atoms with E-state index in [2.05, 4.69) is 4.98 Å². The van der Waals surface area contributed by atoms with Crippen LogP contribution in [0, 0.1) is 11.3 Å². The number of aromatic nitrogens is 3. The zero-order valence-corrected chi connectivity index (χ0v) is 13.9. The number of aryl methyl sites for hydroxylation is 1. The van der Waals surface area contributed by atoms with Crippen LogP contribution in [0.2, 0.25) is 0 Å². The second kappa shape index (κ2) is 6.53. The molecule has 0 aliphatic heterocycles. The van der Waals surface area contributed by atoms with Gasteiger partial charge in [-0.05, 0) is 24.3 Å². The van der Waals surface area contributed by atoms with Crippen LogP contribution in [0.5, 0.6) is 0 Å². The summed E-state index contributed by atoms with van der Waals surface area (Å²) in [4.78, 5) is 16.4. The van der Waals surface area contributed by atoms with Gasteiger partial charge in [0.05, 0.1) is 18.4 Å². The fraction of sp³-hybridized carbons (Fsp3) is 0.167. The molecule has 3 aromatic rings. The second-order valence-corrected chi connectivity index (χ2v) is 5.36. The summed E-state index contributed by atoms with van der Waals surface area (Å²) in [5, 5.41) is 9.18. The molecule has 0 bridgehead atoms. The minimum absolute atomic E-state index is 0.112. The number of rotatable bonds is 4. The van der Waals surface area contributed by atoms with Gasteiger partial charge in [0.25, 0.3) is 0 Å². The van der Waals surface area contributed by atoms with Gasteiger partial charge in [-0.2, -0.15) is 5.26 Å². The van der Waals surface area contributed by atoms with E-state index in [9.17, 15) is 10.1 Å². The molecule has 2 heterocycles. The maximum absolute atomic E-state index is 12.1. The molecule has 126 valence electrons. The molecular weight excluding hydrogens is 318 g/mol. The van der Waals surface area contributed by atoms with Crippen molar-refractivity contribution in [2.45, 2.75) is 13.3 Å². The molecule has 0 spiro atoms. The van der Waals surface area contributed by atoms with Crippen LogP contribution in [0.4, 0.5) is 5.69 Å².